The first-order chi connectivity index (χ1) is 15.0. The molecule has 2 aromatic carbocycles. The van der Waals surface area contributed by atoms with Gasteiger partial charge in [0.15, 0.2) is 0 Å². The van der Waals surface area contributed by atoms with E-state index in [0.717, 1.165) is 28.5 Å². The summed E-state index contributed by atoms with van der Waals surface area (Å²) in [6.07, 6.45) is 2.73. The highest BCUT2D eigenvalue weighted by Crippen LogP contribution is 2.35. The molecule has 0 fully saturated rings. The summed E-state index contributed by atoms with van der Waals surface area (Å²) in [5.41, 5.74) is 2.26. The lowest BCUT2D eigenvalue weighted by Crippen LogP contribution is -2.36. The number of aliphatic hydroxyl groups excluding tert-OH is 1. The van der Waals surface area contributed by atoms with Gasteiger partial charge in [0.05, 0.1) is 5.39 Å². The van der Waals surface area contributed by atoms with Gasteiger partial charge >= 0.3 is 11.7 Å². The first kappa shape index (κ1) is 20.9. The molecule has 0 radical (unpaired) electrons. The molecule has 1 aromatic heterocycles. The Hall–Kier alpha value is -3.38. The van der Waals surface area contributed by atoms with E-state index in [9.17, 15) is 14.7 Å². The van der Waals surface area contributed by atoms with Gasteiger partial charge in [0, 0.05) is 11.6 Å². The van der Waals surface area contributed by atoms with E-state index < -0.39 is 17.8 Å². The Kier molecular flexibility index (Phi) is 6.18. The Morgan fingerprint density at radius 3 is 2.55 bits per heavy atom. The molecule has 4 rings (SSSR count). The summed E-state index contributed by atoms with van der Waals surface area (Å²) < 4.78 is 10.8. The van der Waals surface area contributed by atoms with E-state index in [1.54, 1.807) is 19.1 Å². The first-order valence-electron chi connectivity index (χ1n) is 10.4. The van der Waals surface area contributed by atoms with E-state index in [-0.39, 0.29) is 18.4 Å². The molecular weight excluding hydrogens is 394 g/mol. The Bertz CT molecular complexity index is 1160. The number of nitrogens with one attached hydrogen (secondary N) is 1. The quantitative estimate of drug-likeness (QED) is 0.625. The molecule has 2 atom stereocenters. The number of aliphatic hydroxyl groups is 1. The van der Waals surface area contributed by atoms with Crippen LogP contribution in [-0.2, 0) is 11.3 Å². The molecule has 2 unspecified atom stereocenters. The number of carbonyl (C=O) groups excluding carboxylic acids is 1. The minimum atomic E-state index is -0.906. The smallest absolute Gasteiger partial charge is 0.407 e. The normalized spacial score (nSPS) is 17.1. The van der Waals surface area contributed by atoms with Crippen molar-refractivity contribution in [2.75, 3.05) is 0 Å². The van der Waals surface area contributed by atoms with Crippen LogP contribution in [-0.4, -0.2) is 17.2 Å². The van der Waals surface area contributed by atoms with Crippen LogP contribution in [0.25, 0.3) is 16.3 Å². The van der Waals surface area contributed by atoms with E-state index in [4.69, 9.17) is 9.15 Å². The van der Waals surface area contributed by atoms with Crippen LogP contribution < -0.4 is 10.9 Å². The zero-order valence-corrected chi connectivity index (χ0v) is 17.3. The van der Waals surface area contributed by atoms with Gasteiger partial charge in [-0.1, -0.05) is 54.6 Å². The molecular formula is C25H25NO5. The van der Waals surface area contributed by atoms with Crippen molar-refractivity contribution >= 4 is 22.4 Å². The number of fused-ring (bicyclic) bond motifs is 1. The molecule has 1 aliphatic rings. The fourth-order valence-electron chi connectivity index (χ4n) is 3.97. The number of rotatable bonds is 5. The largest absolute Gasteiger partial charge is 0.445 e. The van der Waals surface area contributed by atoms with Crippen molar-refractivity contribution in [1.29, 1.82) is 0 Å². The minimum absolute atomic E-state index is 0.0380. The van der Waals surface area contributed by atoms with Crippen molar-refractivity contribution in [2.45, 2.75) is 44.9 Å². The number of hydrogen-bond acceptors (Lipinski definition) is 5. The molecule has 0 bridgehead atoms. The summed E-state index contributed by atoms with van der Waals surface area (Å²) in [4.78, 5) is 24.5. The second-order valence-corrected chi connectivity index (χ2v) is 7.76. The summed E-state index contributed by atoms with van der Waals surface area (Å²) >= 11 is 0. The van der Waals surface area contributed by atoms with E-state index >= 15 is 0 Å². The third-order valence-corrected chi connectivity index (χ3v) is 5.51. The standard InChI is InChI=1S/C25H25NO5/c1-16(27)23-22(20-9-5-6-10-21(20)24(28)31-23)18-11-13-19(14-12-18)26-25(29)30-15-17-7-3-2-4-8-17/h2-11,16,19,27H,12-15H2,1H3,(H,26,29). The van der Waals surface area contributed by atoms with Crippen LogP contribution in [0.15, 0.2) is 69.9 Å². The van der Waals surface area contributed by atoms with Gasteiger partial charge < -0.3 is 19.6 Å². The maximum atomic E-state index is 12.3. The Labute approximate surface area is 180 Å². The first-order valence-corrected chi connectivity index (χ1v) is 10.4. The van der Waals surface area contributed by atoms with E-state index in [1.165, 1.54) is 0 Å². The SMILES string of the molecule is CC(O)c1oc(=O)c2ccccc2c1C1=CCC(NC(=O)OCc2ccccc2)CC1. The van der Waals surface area contributed by atoms with Crippen molar-refractivity contribution in [3.05, 3.63) is 88.0 Å². The van der Waals surface area contributed by atoms with Crippen LogP contribution in [0.2, 0.25) is 0 Å². The van der Waals surface area contributed by atoms with Gasteiger partial charge in [0.2, 0.25) is 0 Å². The van der Waals surface area contributed by atoms with Crippen LogP contribution in [0.4, 0.5) is 4.79 Å². The number of hydrogen-bond donors (Lipinski definition) is 2. The summed E-state index contributed by atoms with van der Waals surface area (Å²) in [7, 11) is 0. The van der Waals surface area contributed by atoms with Crippen molar-refractivity contribution in [2.24, 2.45) is 0 Å². The maximum Gasteiger partial charge on any atom is 0.407 e. The number of alkyl carbamates (subject to hydrolysis) is 1. The van der Waals surface area contributed by atoms with Gasteiger partial charge in [0.25, 0.3) is 0 Å². The lowest BCUT2D eigenvalue weighted by Gasteiger charge is -2.24. The molecule has 0 spiro atoms. The van der Waals surface area contributed by atoms with Crippen molar-refractivity contribution in [1.82, 2.24) is 5.32 Å². The van der Waals surface area contributed by atoms with Crippen LogP contribution in [0.5, 0.6) is 0 Å². The molecule has 2 N–H and O–H groups in total. The summed E-state index contributed by atoms with van der Waals surface area (Å²) in [5, 5.41) is 14.4. The number of ether oxygens (including phenoxy) is 1. The average molecular weight is 419 g/mol. The van der Waals surface area contributed by atoms with Gasteiger partial charge in [-0.25, -0.2) is 9.59 Å². The molecule has 31 heavy (non-hydrogen) atoms. The number of benzene rings is 2. The van der Waals surface area contributed by atoms with Crippen LogP contribution in [0.1, 0.15) is 49.2 Å². The van der Waals surface area contributed by atoms with Gasteiger partial charge in [-0.2, -0.15) is 0 Å². The average Bonchev–Trinajstić information content (AvgIpc) is 2.79. The summed E-state index contributed by atoms with van der Waals surface area (Å²) in [5.74, 6) is 0.281. The molecule has 1 aliphatic carbocycles. The van der Waals surface area contributed by atoms with Gasteiger partial charge in [-0.15, -0.1) is 0 Å². The Morgan fingerprint density at radius 1 is 1.16 bits per heavy atom. The molecule has 0 aliphatic heterocycles. The van der Waals surface area contributed by atoms with Gasteiger partial charge in [-0.05, 0) is 48.8 Å². The Balaban J connectivity index is 1.49. The fraction of sp³-hybridized carbons (Fsp3) is 0.280. The van der Waals surface area contributed by atoms with E-state index in [2.05, 4.69) is 5.32 Å². The highest BCUT2D eigenvalue weighted by Gasteiger charge is 2.24. The second kappa shape index (κ2) is 9.18. The molecule has 6 nitrogen and oxygen atoms in total. The molecule has 1 amide bonds. The van der Waals surface area contributed by atoms with Crippen LogP contribution in [0.3, 0.4) is 0 Å². The lowest BCUT2D eigenvalue weighted by atomic mass is 9.87. The summed E-state index contributed by atoms with van der Waals surface area (Å²) in [6.45, 7) is 1.82. The third kappa shape index (κ3) is 4.70. The molecule has 1 heterocycles. The van der Waals surface area contributed by atoms with Crippen molar-refractivity contribution in [3.63, 3.8) is 0 Å². The molecule has 3 aromatic rings. The van der Waals surface area contributed by atoms with E-state index in [0.29, 0.717) is 18.2 Å². The highest BCUT2D eigenvalue weighted by atomic mass is 16.5. The summed E-state index contributed by atoms with van der Waals surface area (Å²) in [6, 6.07) is 16.8. The van der Waals surface area contributed by atoms with Crippen LogP contribution >= 0.6 is 0 Å². The maximum absolute atomic E-state index is 12.3. The molecule has 0 saturated heterocycles. The van der Waals surface area contributed by atoms with Gasteiger partial charge in [-0.3, -0.25) is 0 Å². The molecule has 0 saturated carbocycles. The fourth-order valence-corrected chi connectivity index (χ4v) is 3.97. The second-order valence-electron chi connectivity index (χ2n) is 7.76. The topological polar surface area (TPSA) is 88.8 Å². The monoisotopic (exact) mass is 419 g/mol. The highest BCUT2D eigenvalue weighted by molar-refractivity contribution is 5.94. The number of allylic oxidation sites excluding steroid dienone is 1. The van der Waals surface area contributed by atoms with Crippen LogP contribution in [0, 0.1) is 0 Å². The number of amides is 1. The van der Waals surface area contributed by atoms with Crippen molar-refractivity contribution < 1.29 is 19.1 Å². The van der Waals surface area contributed by atoms with E-state index in [1.807, 2.05) is 48.5 Å². The molecule has 6 heteroatoms. The minimum Gasteiger partial charge on any atom is -0.445 e. The number of carbonyl (C=O) groups is 1. The predicted molar refractivity (Wildman–Crippen MR) is 118 cm³/mol. The lowest BCUT2D eigenvalue weighted by molar-refractivity contribution is 0.135. The zero-order valence-electron chi connectivity index (χ0n) is 17.3. The van der Waals surface area contributed by atoms with Gasteiger partial charge in [0.1, 0.15) is 18.5 Å². The molecule has 160 valence electrons. The predicted octanol–water partition coefficient (Wildman–Crippen LogP) is 4.71. The zero-order chi connectivity index (χ0) is 21.8. The van der Waals surface area contributed by atoms with Crippen molar-refractivity contribution in [3.8, 4) is 0 Å². The third-order valence-electron chi connectivity index (χ3n) is 5.51. The Morgan fingerprint density at radius 2 is 1.87 bits per heavy atom.